The third kappa shape index (κ3) is 3.28. The van der Waals surface area contributed by atoms with Crippen molar-refractivity contribution < 1.29 is 0 Å². The van der Waals surface area contributed by atoms with Crippen molar-refractivity contribution in [1.29, 1.82) is 0 Å². The van der Waals surface area contributed by atoms with E-state index in [0.717, 1.165) is 4.71 Å². The van der Waals surface area contributed by atoms with E-state index in [1.165, 1.54) is 17.0 Å². The Morgan fingerprint density at radius 3 is 2.00 bits per heavy atom. The second-order valence-electron chi connectivity index (χ2n) is 2.78. The van der Waals surface area contributed by atoms with Gasteiger partial charge in [0.15, 0.2) is 0 Å². The van der Waals surface area contributed by atoms with Gasteiger partial charge in [0.2, 0.25) is 0 Å². The summed E-state index contributed by atoms with van der Waals surface area (Å²) in [6, 6.07) is 2.89. The van der Waals surface area contributed by atoms with E-state index >= 15 is 0 Å². The molecular weight excluding hydrogens is 288 g/mol. The Morgan fingerprint density at radius 1 is 1.40 bits per heavy atom. The molecule has 0 N–H and O–H groups in total. The van der Waals surface area contributed by atoms with Crippen molar-refractivity contribution in [1.82, 2.24) is 0 Å². The summed E-state index contributed by atoms with van der Waals surface area (Å²) < 4.78 is 1.03. The van der Waals surface area contributed by atoms with Gasteiger partial charge in [-0.15, -0.1) is 0 Å². The van der Waals surface area contributed by atoms with E-state index in [4.69, 9.17) is 11.6 Å². The van der Waals surface area contributed by atoms with Gasteiger partial charge >= 0.3 is 84.5 Å². The first-order valence-electron chi connectivity index (χ1n) is 3.86. The van der Waals surface area contributed by atoms with Crippen LogP contribution in [-0.4, -0.2) is 31.0 Å². The Morgan fingerprint density at radius 2 is 1.90 bits per heavy atom. The van der Waals surface area contributed by atoms with Crippen molar-refractivity contribution in [3.8, 4) is 0 Å². The van der Waals surface area contributed by atoms with Gasteiger partial charge in [-0.25, -0.2) is 0 Å². The minimum absolute atomic E-state index is 0.328. The summed E-state index contributed by atoms with van der Waals surface area (Å²) in [6.45, 7) is 3.94. The van der Waals surface area contributed by atoms with Crippen LogP contribution in [0.3, 0.4) is 0 Å². The number of rotatable bonds is 5. The molecule has 4 heteroatoms. The van der Waals surface area contributed by atoms with Gasteiger partial charge < -0.3 is 0 Å². The molecule has 62 valence electrons. The van der Waals surface area contributed by atoms with E-state index in [1.54, 1.807) is 0 Å². The summed E-state index contributed by atoms with van der Waals surface area (Å²) in [7, 11) is 0. The second-order valence-corrected chi connectivity index (χ2v) is 25.0. The second kappa shape index (κ2) is 6.09. The maximum absolute atomic E-state index is 5.82. The van der Waals surface area contributed by atoms with Crippen LogP contribution in [-0.2, 0) is 0 Å². The van der Waals surface area contributed by atoms with Crippen LogP contribution in [0.1, 0.15) is 13.8 Å². The first kappa shape index (κ1) is 11.5. The summed E-state index contributed by atoms with van der Waals surface area (Å²) in [5.74, 6) is 0. The van der Waals surface area contributed by atoms with Gasteiger partial charge in [-0.2, -0.15) is 0 Å². The molecule has 0 atom stereocenters. The average molecular weight is 304 g/mol. The molecule has 0 radical (unpaired) electrons. The molecule has 0 aromatic heterocycles. The fraction of sp³-hybridized carbons (Fsp3) is 1.00. The SMILES string of the molecule is CC[Si](CC)(CBr)[GeH2][CH2]Cl. The molecule has 0 spiro atoms. The van der Waals surface area contributed by atoms with Crippen molar-refractivity contribution in [3.63, 3.8) is 0 Å². The minimum atomic E-state index is -0.745. The Bertz CT molecular complexity index is 79.6. The zero-order valence-corrected chi connectivity index (χ0v) is 13.1. The van der Waals surface area contributed by atoms with Crippen LogP contribution in [0.15, 0.2) is 0 Å². The molecule has 0 aromatic rings. The standard InChI is InChI=1S/C6H16BrClGeSi/c1-3-10(4-2,5-7)9-6-8/h3-6,9H2,1-2H3. The predicted molar refractivity (Wildman–Crippen MR) is 59.8 cm³/mol. The van der Waals surface area contributed by atoms with Gasteiger partial charge in [0.1, 0.15) is 0 Å². The summed E-state index contributed by atoms with van der Waals surface area (Å²) in [5.41, 5.74) is 0. The molecule has 0 aromatic carbocycles. The van der Waals surface area contributed by atoms with Crippen LogP contribution in [0, 0.1) is 0 Å². The van der Waals surface area contributed by atoms with E-state index in [1.807, 2.05) is 0 Å². The van der Waals surface area contributed by atoms with Crippen molar-refractivity contribution >= 4 is 48.9 Å². The molecule has 0 aliphatic rings. The van der Waals surface area contributed by atoms with Crippen molar-refractivity contribution in [3.05, 3.63) is 0 Å². The fourth-order valence-corrected chi connectivity index (χ4v) is 24.0. The molecule has 0 amide bonds. The first-order chi connectivity index (χ1) is 4.74. The van der Waals surface area contributed by atoms with Gasteiger partial charge in [0.25, 0.3) is 0 Å². The van der Waals surface area contributed by atoms with Crippen LogP contribution < -0.4 is 0 Å². The van der Waals surface area contributed by atoms with Crippen LogP contribution in [0.4, 0.5) is 0 Å². The normalized spacial score (nSPS) is 13.2. The molecule has 0 rings (SSSR count). The molecule has 10 heavy (non-hydrogen) atoms. The monoisotopic (exact) mass is 304 g/mol. The zero-order chi connectivity index (χ0) is 8.04. The van der Waals surface area contributed by atoms with Crippen molar-refractivity contribution in [2.45, 2.75) is 25.9 Å². The molecule has 0 unspecified atom stereocenters. The number of hydrogen-bond donors (Lipinski definition) is 0. The third-order valence-corrected chi connectivity index (χ3v) is 34.1. The van der Waals surface area contributed by atoms with Gasteiger partial charge in [-0.1, -0.05) is 0 Å². The Labute approximate surface area is 84.1 Å². The maximum atomic E-state index is 5.82. The quantitative estimate of drug-likeness (QED) is 0.540. The van der Waals surface area contributed by atoms with Crippen LogP contribution in [0.5, 0.6) is 0 Å². The van der Waals surface area contributed by atoms with E-state index < -0.39 is 6.60 Å². The fourth-order valence-electron chi connectivity index (χ4n) is 1.06. The first-order valence-corrected chi connectivity index (χ1v) is 14.9. The molecule has 0 heterocycles. The Hall–Kier alpha value is 1.53. The summed E-state index contributed by atoms with van der Waals surface area (Å²) in [6.07, 6.45) is 0. The summed E-state index contributed by atoms with van der Waals surface area (Å²) in [4.78, 5) is 1.31. The Balaban J connectivity index is 3.87. The van der Waals surface area contributed by atoms with E-state index in [9.17, 15) is 0 Å². The molecule has 0 saturated carbocycles. The van der Waals surface area contributed by atoms with Gasteiger partial charge in [0.05, 0.1) is 0 Å². The third-order valence-electron chi connectivity index (χ3n) is 2.41. The molecule has 0 bridgehead atoms. The molecule has 0 aliphatic carbocycles. The number of halogens is 2. The summed E-state index contributed by atoms with van der Waals surface area (Å²) in [5, 5.41) is 0. The Kier molecular flexibility index (Phi) is 7.02. The van der Waals surface area contributed by atoms with E-state index in [-0.39, 0.29) is 14.8 Å². The van der Waals surface area contributed by atoms with Crippen molar-refractivity contribution in [2.75, 3.05) is 9.67 Å². The molecule has 0 nitrogen and oxygen atoms in total. The topological polar surface area (TPSA) is 0 Å². The van der Waals surface area contributed by atoms with Crippen LogP contribution in [0.25, 0.3) is 0 Å². The molecule has 0 fully saturated rings. The zero-order valence-electron chi connectivity index (χ0n) is 6.79. The molecule has 0 aliphatic heterocycles. The van der Waals surface area contributed by atoms with Crippen LogP contribution in [0.2, 0.25) is 12.1 Å². The van der Waals surface area contributed by atoms with Gasteiger partial charge in [0, 0.05) is 0 Å². The average Bonchev–Trinajstić information content (AvgIpc) is 2.01. The number of alkyl halides is 2. The molecular formula is C6H16BrClGeSi. The van der Waals surface area contributed by atoms with Gasteiger partial charge in [-0.3, -0.25) is 0 Å². The van der Waals surface area contributed by atoms with E-state index in [0.29, 0.717) is 0 Å². The molecule has 0 saturated heterocycles. The summed E-state index contributed by atoms with van der Waals surface area (Å²) >= 11 is 9.14. The van der Waals surface area contributed by atoms with Gasteiger partial charge in [-0.05, 0) is 0 Å². The van der Waals surface area contributed by atoms with E-state index in [2.05, 4.69) is 29.8 Å². The van der Waals surface area contributed by atoms with Crippen molar-refractivity contribution in [2.24, 2.45) is 0 Å². The number of hydrogen-bond acceptors (Lipinski definition) is 0. The predicted octanol–water partition coefficient (Wildman–Crippen LogP) is 2.27. The van der Waals surface area contributed by atoms with Crippen LogP contribution >= 0.6 is 27.5 Å².